The number of hydrogen-bond acceptors (Lipinski definition) is 4. The number of carbonyl (C=O) groups is 1. The number of amides is 1. The lowest BCUT2D eigenvalue weighted by Crippen LogP contribution is -2.12. The Balaban J connectivity index is 2.15. The molecule has 2 aromatic rings. The van der Waals surface area contributed by atoms with Gasteiger partial charge in [0, 0.05) is 11.8 Å². The minimum absolute atomic E-state index is 0.0297. The summed E-state index contributed by atoms with van der Waals surface area (Å²) in [5.74, 6) is -0.973. The van der Waals surface area contributed by atoms with E-state index >= 15 is 0 Å². The Morgan fingerprint density at radius 2 is 2.25 bits per heavy atom. The molecule has 1 aromatic heterocycles. The fourth-order valence-corrected chi connectivity index (χ4v) is 1.15. The van der Waals surface area contributed by atoms with Crippen LogP contribution in [0.4, 0.5) is 15.8 Å². The summed E-state index contributed by atoms with van der Waals surface area (Å²) >= 11 is 0. The van der Waals surface area contributed by atoms with Gasteiger partial charge in [0.25, 0.3) is 5.91 Å². The highest BCUT2D eigenvalue weighted by atomic mass is 19.1. The highest BCUT2D eigenvalue weighted by Gasteiger charge is 2.09. The van der Waals surface area contributed by atoms with Gasteiger partial charge in [-0.3, -0.25) is 4.79 Å². The standard InChI is InChI=1S/C10H8FN3O2/c11-7-2-1-6(5-8(7)12)13-10(15)9-3-4-16-14-9/h1-5H,12H2,(H,13,15). The molecule has 0 saturated heterocycles. The van der Waals surface area contributed by atoms with Crippen LogP contribution in [0.15, 0.2) is 35.1 Å². The largest absolute Gasteiger partial charge is 0.396 e. The third kappa shape index (κ3) is 2.00. The number of rotatable bonds is 2. The van der Waals surface area contributed by atoms with Crippen LogP contribution in [-0.2, 0) is 0 Å². The van der Waals surface area contributed by atoms with Gasteiger partial charge in [-0.15, -0.1) is 0 Å². The minimum atomic E-state index is -0.528. The molecular weight excluding hydrogens is 213 g/mol. The van der Waals surface area contributed by atoms with Crippen molar-refractivity contribution < 1.29 is 13.7 Å². The van der Waals surface area contributed by atoms with Crippen LogP contribution in [0.2, 0.25) is 0 Å². The van der Waals surface area contributed by atoms with Crippen LogP contribution in [0, 0.1) is 5.82 Å². The van der Waals surface area contributed by atoms with Crippen LogP contribution in [0.3, 0.4) is 0 Å². The van der Waals surface area contributed by atoms with Crippen molar-refractivity contribution in [2.24, 2.45) is 0 Å². The molecule has 0 saturated carbocycles. The maximum Gasteiger partial charge on any atom is 0.277 e. The van der Waals surface area contributed by atoms with E-state index in [0.717, 1.165) is 0 Å². The Hall–Kier alpha value is -2.37. The second kappa shape index (κ2) is 4.01. The normalized spacial score (nSPS) is 10.1. The number of benzene rings is 1. The van der Waals surface area contributed by atoms with E-state index in [4.69, 9.17) is 5.73 Å². The molecule has 82 valence electrons. The average Bonchev–Trinajstić information content (AvgIpc) is 2.77. The van der Waals surface area contributed by atoms with E-state index in [2.05, 4.69) is 15.0 Å². The summed E-state index contributed by atoms with van der Waals surface area (Å²) in [6.07, 6.45) is 1.29. The fraction of sp³-hybridized carbons (Fsp3) is 0. The first-order valence-corrected chi connectivity index (χ1v) is 4.43. The molecule has 3 N–H and O–H groups in total. The number of aromatic nitrogens is 1. The first-order chi connectivity index (χ1) is 7.66. The molecule has 1 heterocycles. The molecular formula is C10H8FN3O2. The van der Waals surface area contributed by atoms with Gasteiger partial charge in [-0.2, -0.15) is 0 Å². The van der Waals surface area contributed by atoms with Crippen LogP contribution >= 0.6 is 0 Å². The van der Waals surface area contributed by atoms with Gasteiger partial charge in [0.2, 0.25) is 0 Å². The smallest absolute Gasteiger partial charge is 0.277 e. The van der Waals surface area contributed by atoms with Crippen molar-refractivity contribution >= 4 is 17.3 Å². The molecule has 6 heteroatoms. The molecule has 5 nitrogen and oxygen atoms in total. The molecule has 0 radical (unpaired) electrons. The van der Waals surface area contributed by atoms with Crippen LogP contribution in [-0.4, -0.2) is 11.1 Å². The molecule has 2 rings (SSSR count). The first kappa shape index (κ1) is 10.2. The number of nitrogens with two attached hydrogens (primary N) is 1. The van der Waals surface area contributed by atoms with Crippen molar-refractivity contribution in [3.05, 3.63) is 42.0 Å². The fourth-order valence-electron chi connectivity index (χ4n) is 1.15. The maximum atomic E-state index is 12.8. The van der Waals surface area contributed by atoms with Crippen molar-refractivity contribution in [3.63, 3.8) is 0 Å². The number of nitrogen functional groups attached to an aromatic ring is 1. The van der Waals surface area contributed by atoms with Crippen LogP contribution in [0.5, 0.6) is 0 Å². The Morgan fingerprint density at radius 3 is 2.88 bits per heavy atom. The quantitative estimate of drug-likeness (QED) is 0.755. The van der Waals surface area contributed by atoms with E-state index in [1.165, 1.54) is 30.5 Å². The summed E-state index contributed by atoms with van der Waals surface area (Å²) < 4.78 is 17.4. The second-order valence-electron chi connectivity index (χ2n) is 3.08. The van der Waals surface area contributed by atoms with Crippen molar-refractivity contribution in [3.8, 4) is 0 Å². The van der Waals surface area contributed by atoms with Crippen LogP contribution in [0.25, 0.3) is 0 Å². The number of nitrogens with one attached hydrogen (secondary N) is 1. The van der Waals surface area contributed by atoms with Gasteiger partial charge in [-0.25, -0.2) is 4.39 Å². The zero-order valence-electron chi connectivity index (χ0n) is 8.11. The predicted molar refractivity (Wildman–Crippen MR) is 55.3 cm³/mol. The lowest BCUT2D eigenvalue weighted by atomic mass is 10.2. The van der Waals surface area contributed by atoms with Gasteiger partial charge in [-0.1, -0.05) is 5.16 Å². The summed E-state index contributed by atoms with van der Waals surface area (Å²) in [5.41, 5.74) is 5.86. The van der Waals surface area contributed by atoms with Crippen molar-refractivity contribution in [1.82, 2.24) is 5.16 Å². The minimum Gasteiger partial charge on any atom is -0.396 e. The average molecular weight is 221 g/mol. The molecule has 0 spiro atoms. The topological polar surface area (TPSA) is 81.1 Å². The van der Waals surface area contributed by atoms with E-state index < -0.39 is 11.7 Å². The molecule has 0 fully saturated rings. The van der Waals surface area contributed by atoms with Gasteiger partial charge >= 0.3 is 0 Å². The molecule has 0 unspecified atom stereocenters. The molecule has 0 aliphatic heterocycles. The van der Waals surface area contributed by atoms with Gasteiger partial charge < -0.3 is 15.6 Å². The summed E-state index contributed by atoms with van der Waals surface area (Å²) in [7, 11) is 0. The zero-order valence-corrected chi connectivity index (χ0v) is 8.11. The molecule has 0 aliphatic carbocycles. The first-order valence-electron chi connectivity index (χ1n) is 4.43. The van der Waals surface area contributed by atoms with Crippen LogP contribution < -0.4 is 11.1 Å². The summed E-state index contributed by atoms with van der Waals surface area (Å²) in [6.45, 7) is 0. The van der Waals surface area contributed by atoms with Crippen molar-refractivity contribution in [2.45, 2.75) is 0 Å². The van der Waals surface area contributed by atoms with E-state index in [-0.39, 0.29) is 11.4 Å². The number of anilines is 2. The Bertz CT molecular complexity index is 511. The van der Waals surface area contributed by atoms with Crippen molar-refractivity contribution in [2.75, 3.05) is 11.1 Å². The molecule has 1 amide bonds. The van der Waals surface area contributed by atoms with E-state index in [0.29, 0.717) is 5.69 Å². The summed E-state index contributed by atoms with van der Waals surface area (Å²) in [4.78, 5) is 11.5. The zero-order chi connectivity index (χ0) is 11.5. The third-order valence-electron chi connectivity index (χ3n) is 1.92. The predicted octanol–water partition coefficient (Wildman–Crippen LogP) is 1.65. The van der Waals surface area contributed by atoms with E-state index in [1.54, 1.807) is 0 Å². The molecule has 0 bridgehead atoms. The monoisotopic (exact) mass is 221 g/mol. The Kier molecular flexibility index (Phi) is 2.55. The number of hydrogen-bond donors (Lipinski definition) is 2. The molecule has 0 atom stereocenters. The number of nitrogens with zero attached hydrogens (tertiary/aromatic N) is 1. The van der Waals surface area contributed by atoms with E-state index in [1.807, 2.05) is 0 Å². The lowest BCUT2D eigenvalue weighted by molar-refractivity contribution is 0.101. The van der Waals surface area contributed by atoms with Gasteiger partial charge in [0.15, 0.2) is 5.69 Å². The Labute approximate surface area is 90.0 Å². The SMILES string of the molecule is Nc1cc(NC(=O)c2ccon2)ccc1F. The van der Waals surface area contributed by atoms with Gasteiger partial charge in [0.1, 0.15) is 12.1 Å². The van der Waals surface area contributed by atoms with E-state index in [9.17, 15) is 9.18 Å². The summed E-state index contributed by atoms with van der Waals surface area (Å²) in [6, 6.07) is 5.33. The van der Waals surface area contributed by atoms with Gasteiger partial charge in [0.05, 0.1) is 5.69 Å². The molecule has 0 aliphatic rings. The molecule has 16 heavy (non-hydrogen) atoms. The number of halogens is 1. The highest BCUT2D eigenvalue weighted by molar-refractivity contribution is 6.02. The lowest BCUT2D eigenvalue weighted by Gasteiger charge is -2.04. The van der Waals surface area contributed by atoms with Crippen molar-refractivity contribution in [1.29, 1.82) is 0 Å². The Morgan fingerprint density at radius 1 is 1.44 bits per heavy atom. The maximum absolute atomic E-state index is 12.8. The highest BCUT2D eigenvalue weighted by Crippen LogP contribution is 2.16. The summed E-state index contributed by atoms with van der Waals surface area (Å²) in [5, 5.41) is 5.96. The van der Waals surface area contributed by atoms with Crippen LogP contribution in [0.1, 0.15) is 10.5 Å². The second-order valence-corrected chi connectivity index (χ2v) is 3.08. The molecule has 1 aromatic carbocycles. The number of carbonyl (C=O) groups excluding carboxylic acids is 1. The third-order valence-corrected chi connectivity index (χ3v) is 1.92. The van der Waals surface area contributed by atoms with Gasteiger partial charge in [-0.05, 0) is 18.2 Å².